The summed E-state index contributed by atoms with van der Waals surface area (Å²) >= 11 is 0. The Balaban J connectivity index is 1.18. The van der Waals surface area contributed by atoms with E-state index in [0.29, 0.717) is 37.7 Å². The van der Waals surface area contributed by atoms with Crippen molar-refractivity contribution in [2.24, 2.45) is 5.41 Å². The summed E-state index contributed by atoms with van der Waals surface area (Å²) in [4.78, 5) is 32.0. The van der Waals surface area contributed by atoms with Gasteiger partial charge in [0.1, 0.15) is 33.6 Å². The molecule has 14 nitrogen and oxygen atoms in total. The zero-order valence-corrected chi connectivity index (χ0v) is 35.3. The number of nitrogens with zero attached hydrogens (tertiary/aromatic N) is 7. The Morgan fingerprint density at radius 1 is 1.05 bits per heavy atom. The first-order chi connectivity index (χ1) is 28.3. The number of carbonyl (C=O) groups is 1. The second-order valence-corrected chi connectivity index (χ2v) is 18.7. The fourth-order valence-electron chi connectivity index (χ4n) is 10.2. The Bertz CT molecular complexity index is 2250. The van der Waals surface area contributed by atoms with E-state index in [4.69, 9.17) is 43.7 Å². The van der Waals surface area contributed by atoms with Crippen LogP contribution in [0.1, 0.15) is 115 Å². The monoisotopic (exact) mass is 815 g/mol. The predicted octanol–water partition coefficient (Wildman–Crippen LogP) is 7.61. The molecule has 0 spiro atoms. The van der Waals surface area contributed by atoms with Gasteiger partial charge < -0.3 is 38.6 Å². The number of amides is 1. The number of β-amino-alcohol motifs (C(OH)–C–C–N with tert-alkyl or cyclic N) is 1. The number of fused-ring (bicyclic) bond motifs is 3. The molecule has 15 heteroatoms. The third kappa shape index (κ3) is 7.56. The van der Waals surface area contributed by atoms with Crippen molar-refractivity contribution in [2.45, 2.75) is 128 Å². The first-order valence-corrected chi connectivity index (χ1v) is 21.5. The fraction of sp³-hybridized carbons (Fsp3) is 0.659. The molecule has 2 saturated carbocycles. The number of rotatable bonds is 8. The number of carbonyl (C=O) groups excluding carboxylic acids is 1. The highest BCUT2D eigenvalue weighted by atomic mass is 19.1. The molecule has 5 fully saturated rings. The standard InChI is InChI=1S/C44H58FN7O7/c1-26-21-29-28(22-46-52(29)31-12-7-8-19-57-31)33(32(26)27-13-14-27)36-35(45)37-34(39(47-36)55-6)38(50-18-20-56-24-43(5,54)23-50)49-40(48-37)58-25-44-15-9-11-30(44)51(17-10-16-44)41(53)59-42(2,3)4/h21-22,27,30-31,54H,7-20,23-25H2,1-6H3/t30-,31?,43+,44-/m1/s1. The molecule has 1 amide bonds. The van der Waals surface area contributed by atoms with Gasteiger partial charge in [-0.2, -0.15) is 15.1 Å². The Hall–Kier alpha value is -4.34. The third-order valence-electron chi connectivity index (χ3n) is 12.9. The highest BCUT2D eigenvalue weighted by Crippen LogP contribution is 2.51. The molecule has 4 aromatic rings. The number of halogens is 1. The topological polar surface area (TPSA) is 146 Å². The molecule has 5 aliphatic rings. The number of hydrogen-bond donors (Lipinski definition) is 1. The van der Waals surface area contributed by atoms with E-state index in [1.165, 1.54) is 7.11 Å². The number of methoxy groups -OCH3 is 1. The number of pyridine rings is 1. The van der Waals surface area contributed by atoms with Gasteiger partial charge in [0.15, 0.2) is 12.0 Å². The molecule has 3 aliphatic heterocycles. The summed E-state index contributed by atoms with van der Waals surface area (Å²) in [6.45, 7) is 12.0. The van der Waals surface area contributed by atoms with Crippen LogP contribution in [0, 0.1) is 18.2 Å². The smallest absolute Gasteiger partial charge is 0.410 e. The lowest BCUT2D eigenvalue weighted by molar-refractivity contribution is -0.0366. The summed E-state index contributed by atoms with van der Waals surface area (Å²) in [7, 11) is 1.52. The lowest BCUT2D eigenvalue weighted by atomic mass is 9.75. The Labute approximate surface area is 344 Å². The van der Waals surface area contributed by atoms with E-state index < -0.39 is 17.0 Å². The van der Waals surface area contributed by atoms with Crippen molar-refractivity contribution in [1.29, 1.82) is 0 Å². The van der Waals surface area contributed by atoms with Crippen LogP contribution in [0.3, 0.4) is 0 Å². The average molecular weight is 816 g/mol. The van der Waals surface area contributed by atoms with Crippen LogP contribution in [0.25, 0.3) is 33.1 Å². The van der Waals surface area contributed by atoms with Gasteiger partial charge in [-0.1, -0.05) is 6.42 Å². The summed E-state index contributed by atoms with van der Waals surface area (Å²) in [6.07, 6.45) is 10.5. The number of aromatic nitrogens is 5. The minimum Gasteiger partial charge on any atom is -0.480 e. The first kappa shape index (κ1) is 40.1. The van der Waals surface area contributed by atoms with Gasteiger partial charge in [-0.25, -0.2) is 18.9 Å². The van der Waals surface area contributed by atoms with Crippen LogP contribution in [0.4, 0.5) is 15.0 Å². The number of anilines is 1. The van der Waals surface area contributed by atoms with Gasteiger partial charge in [0, 0.05) is 42.1 Å². The molecule has 59 heavy (non-hydrogen) atoms. The Morgan fingerprint density at radius 3 is 2.61 bits per heavy atom. The molecule has 1 aromatic carbocycles. The van der Waals surface area contributed by atoms with Crippen LogP contribution >= 0.6 is 0 Å². The van der Waals surface area contributed by atoms with E-state index in [2.05, 4.69) is 13.0 Å². The van der Waals surface area contributed by atoms with Gasteiger partial charge in [-0.05, 0) is 116 Å². The van der Waals surface area contributed by atoms with Crippen LogP contribution in [-0.2, 0) is 14.2 Å². The molecule has 318 valence electrons. The summed E-state index contributed by atoms with van der Waals surface area (Å²) in [5.74, 6) is 0.148. The minimum atomic E-state index is -1.22. The zero-order chi connectivity index (χ0) is 41.3. The maximum atomic E-state index is 17.9. The van der Waals surface area contributed by atoms with E-state index in [1.54, 1.807) is 6.92 Å². The number of likely N-dealkylation sites (tertiary alicyclic amines) is 1. The van der Waals surface area contributed by atoms with E-state index in [-0.39, 0.29) is 77.9 Å². The molecule has 4 atom stereocenters. The minimum absolute atomic E-state index is 0.00361. The number of benzene rings is 1. The molecule has 9 rings (SSSR count). The summed E-state index contributed by atoms with van der Waals surface area (Å²) < 4.78 is 50.3. The highest BCUT2D eigenvalue weighted by molar-refractivity contribution is 6.02. The van der Waals surface area contributed by atoms with Crippen LogP contribution < -0.4 is 14.4 Å². The maximum absolute atomic E-state index is 17.9. The van der Waals surface area contributed by atoms with E-state index in [9.17, 15) is 9.90 Å². The largest absolute Gasteiger partial charge is 0.480 e. The van der Waals surface area contributed by atoms with Gasteiger partial charge in [0.2, 0.25) is 5.88 Å². The number of hydrogen-bond acceptors (Lipinski definition) is 12. The molecule has 1 unspecified atom stereocenters. The van der Waals surface area contributed by atoms with Gasteiger partial charge in [-0.3, -0.25) is 0 Å². The number of aryl methyl sites for hydroxylation is 1. The maximum Gasteiger partial charge on any atom is 0.410 e. The molecule has 6 heterocycles. The summed E-state index contributed by atoms with van der Waals surface area (Å²) in [6, 6.07) is 2.09. The van der Waals surface area contributed by atoms with Gasteiger partial charge in [-0.15, -0.1) is 0 Å². The normalized spacial score (nSPS) is 26.6. The van der Waals surface area contributed by atoms with Gasteiger partial charge in [0.05, 0.1) is 45.2 Å². The van der Waals surface area contributed by atoms with Crippen LogP contribution in [0.2, 0.25) is 0 Å². The van der Waals surface area contributed by atoms with Crippen molar-refractivity contribution in [3.63, 3.8) is 0 Å². The fourth-order valence-corrected chi connectivity index (χ4v) is 10.2. The Kier molecular flexibility index (Phi) is 10.4. The number of piperidine rings is 1. The first-order valence-electron chi connectivity index (χ1n) is 21.5. The molecule has 0 bridgehead atoms. The average Bonchev–Trinajstić information content (AvgIpc) is 3.85. The van der Waals surface area contributed by atoms with E-state index in [1.807, 2.05) is 41.4 Å². The molecule has 3 aromatic heterocycles. The number of ether oxygens (including phenoxy) is 5. The van der Waals surface area contributed by atoms with Gasteiger partial charge >= 0.3 is 12.1 Å². The van der Waals surface area contributed by atoms with Crippen LogP contribution in [-0.4, -0.2) is 111 Å². The summed E-state index contributed by atoms with van der Waals surface area (Å²) in [5, 5.41) is 17.2. The predicted molar refractivity (Wildman–Crippen MR) is 220 cm³/mol. The molecular formula is C44H58FN7O7. The molecule has 1 N–H and O–H groups in total. The van der Waals surface area contributed by atoms with Crippen molar-refractivity contribution in [2.75, 3.05) is 58.1 Å². The second-order valence-electron chi connectivity index (χ2n) is 18.7. The van der Waals surface area contributed by atoms with Crippen molar-refractivity contribution in [3.05, 3.63) is 29.2 Å². The highest BCUT2D eigenvalue weighted by Gasteiger charge is 2.51. The Morgan fingerprint density at radius 2 is 1.86 bits per heavy atom. The molecular weight excluding hydrogens is 758 g/mol. The van der Waals surface area contributed by atoms with Crippen molar-refractivity contribution in [3.8, 4) is 23.1 Å². The van der Waals surface area contributed by atoms with Crippen LogP contribution in [0.15, 0.2) is 12.3 Å². The van der Waals surface area contributed by atoms with Crippen molar-refractivity contribution in [1.82, 2.24) is 29.6 Å². The lowest BCUT2D eigenvalue weighted by Gasteiger charge is -2.46. The van der Waals surface area contributed by atoms with Gasteiger partial charge in [0.25, 0.3) is 0 Å². The molecule has 2 aliphatic carbocycles. The molecule has 0 radical (unpaired) electrons. The van der Waals surface area contributed by atoms with Crippen LogP contribution in [0.5, 0.6) is 11.9 Å². The van der Waals surface area contributed by atoms with E-state index in [0.717, 1.165) is 86.2 Å². The molecule has 3 saturated heterocycles. The SMILES string of the molecule is COc1nc(-c2c(C3CC3)c(C)cc3c2cnn3C2CCCCO2)c(F)c2nc(OC[C@]34CCC[C@H]3N(C(=O)OC(C)(C)C)CCC4)nc(N3CCOC[C@@](C)(O)C3)c12. The summed E-state index contributed by atoms with van der Waals surface area (Å²) in [5.41, 5.74) is 1.62. The quantitative estimate of drug-likeness (QED) is 0.187. The lowest BCUT2D eigenvalue weighted by Crippen LogP contribution is -2.55. The zero-order valence-electron chi connectivity index (χ0n) is 35.3. The number of aliphatic hydroxyl groups is 1. The van der Waals surface area contributed by atoms with Crippen molar-refractivity contribution >= 4 is 33.7 Å². The third-order valence-corrected chi connectivity index (χ3v) is 12.9. The van der Waals surface area contributed by atoms with E-state index >= 15 is 4.39 Å². The van der Waals surface area contributed by atoms with Crippen molar-refractivity contribution < 1.29 is 38.0 Å². The second kappa shape index (κ2) is 15.3.